The maximum absolute atomic E-state index is 14.1. The summed E-state index contributed by atoms with van der Waals surface area (Å²) in [5.41, 5.74) is -2.71. The summed E-state index contributed by atoms with van der Waals surface area (Å²) < 4.78 is 52.6. The van der Waals surface area contributed by atoms with Crippen LogP contribution in [-0.2, 0) is 19.9 Å². The molecule has 3 unspecified atom stereocenters. The number of benzene rings is 1. The summed E-state index contributed by atoms with van der Waals surface area (Å²) in [7, 11) is 0.890. The molecule has 1 saturated carbocycles. The Morgan fingerprint density at radius 1 is 1.19 bits per heavy atom. The topological polar surface area (TPSA) is 35.5 Å². The van der Waals surface area contributed by atoms with Crippen LogP contribution in [0.4, 0.5) is 13.2 Å². The molecule has 3 aliphatic carbocycles. The first-order valence-electron chi connectivity index (χ1n) is 9.10. The average molecular weight is 382 g/mol. The van der Waals surface area contributed by atoms with E-state index in [0.717, 1.165) is 25.5 Å². The Balaban J connectivity index is 1.98. The van der Waals surface area contributed by atoms with E-state index in [2.05, 4.69) is 13.8 Å². The van der Waals surface area contributed by atoms with Gasteiger partial charge >= 0.3 is 12.1 Å². The van der Waals surface area contributed by atoms with Crippen LogP contribution < -0.4 is 0 Å². The summed E-state index contributed by atoms with van der Waals surface area (Å²) in [5.74, 6) is -0.948. The molecule has 0 spiro atoms. The fourth-order valence-electron chi connectivity index (χ4n) is 4.49. The van der Waals surface area contributed by atoms with Crippen molar-refractivity contribution in [3.63, 3.8) is 0 Å². The summed E-state index contributed by atoms with van der Waals surface area (Å²) in [6, 6.07) is 6.94. The molecule has 0 heterocycles. The Hall–Kier alpha value is -1.82. The van der Waals surface area contributed by atoms with Gasteiger partial charge < -0.3 is 9.47 Å². The number of allylic oxidation sites excluding steroid dienone is 1. The molecule has 3 nitrogen and oxygen atoms in total. The van der Waals surface area contributed by atoms with E-state index in [0.29, 0.717) is 5.92 Å². The number of alkyl halides is 3. The first-order chi connectivity index (χ1) is 12.6. The van der Waals surface area contributed by atoms with E-state index >= 15 is 0 Å². The number of esters is 1. The smallest absolute Gasteiger partial charge is 0.432 e. The van der Waals surface area contributed by atoms with E-state index < -0.39 is 23.9 Å². The van der Waals surface area contributed by atoms with Gasteiger partial charge in [0.2, 0.25) is 0 Å². The van der Waals surface area contributed by atoms with Gasteiger partial charge in [-0.25, -0.2) is 4.79 Å². The zero-order valence-corrected chi connectivity index (χ0v) is 16.0. The quantitative estimate of drug-likeness (QED) is 0.542. The van der Waals surface area contributed by atoms with Crippen LogP contribution in [0.3, 0.4) is 0 Å². The largest absolute Gasteiger partial charge is 0.455 e. The van der Waals surface area contributed by atoms with E-state index in [4.69, 9.17) is 9.47 Å². The van der Waals surface area contributed by atoms with Crippen molar-refractivity contribution >= 4 is 5.97 Å². The van der Waals surface area contributed by atoms with Crippen LogP contribution in [0.25, 0.3) is 0 Å². The first-order valence-corrected chi connectivity index (χ1v) is 9.10. The molecule has 3 aliphatic rings. The Morgan fingerprint density at radius 3 is 2.33 bits per heavy atom. The average Bonchev–Trinajstić information content (AvgIpc) is 2.81. The maximum atomic E-state index is 14.1. The van der Waals surface area contributed by atoms with E-state index in [1.165, 1.54) is 24.3 Å². The molecular weight excluding hydrogens is 357 g/mol. The van der Waals surface area contributed by atoms with E-state index in [9.17, 15) is 18.0 Å². The normalized spacial score (nSPS) is 29.0. The van der Waals surface area contributed by atoms with Gasteiger partial charge in [-0.1, -0.05) is 50.3 Å². The van der Waals surface area contributed by atoms with Crippen LogP contribution in [0.1, 0.15) is 39.2 Å². The Morgan fingerprint density at radius 2 is 1.81 bits per heavy atom. The molecule has 4 rings (SSSR count). The summed E-state index contributed by atoms with van der Waals surface area (Å²) in [5, 5.41) is 0. The third kappa shape index (κ3) is 2.98. The number of carbonyl (C=O) groups excluding carboxylic acids is 1. The monoisotopic (exact) mass is 382 g/mol. The van der Waals surface area contributed by atoms with Gasteiger partial charge in [0.1, 0.15) is 6.10 Å². The zero-order valence-electron chi connectivity index (χ0n) is 16.0. The van der Waals surface area contributed by atoms with Crippen LogP contribution in [0, 0.1) is 17.3 Å². The van der Waals surface area contributed by atoms with Gasteiger partial charge in [-0.05, 0) is 36.7 Å². The van der Waals surface area contributed by atoms with Crippen molar-refractivity contribution in [3.8, 4) is 0 Å². The second kappa shape index (κ2) is 6.66. The highest BCUT2D eigenvalue weighted by Gasteiger charge is 2.65. The van der Waals surface area contributed by atoms with Gasteiger partial charge in [0.25, 0.3) is 5.60 Å². The molecule has 1 fully saturated rings. The summed E-state index contributed by atoms with van der Waals surface area (Å²) in [6.45, 7) is 5.99. The first kappa shape index (κ1) is 19.9. The van der Waals surface area contributed by atoms with Crippen molar-refractivity contribution in [1.82, 2.24) is 0 Å². The third-order valence-electron chi connectivity index (χ3n) is 6.49. The van der Waals surface area contributed by atoms with Crippen LogP contribution in [0.15, 0.2) is 42.0 Å². The molecule has 1 aromatic carbocycles. The van der Waals surface area contributed by atoms with Crippen molar-refractivity contribution in [2.24, 2.45) is 17.3 Å². The van der Waals surface area contributed by atoms with E-state index in [1.54, 1.807) is 6.07 Å². The molecule has 4 atom stereocenters. The molecule has 0 aromatic heterocycles. The lowest BCUT2D eigenvalue weighted by Gasteiger charge is -2.53. The predicted octanol–water partition coefficient (Wildman–Crippen LogP) is 5.01. The Bertz CT molecular complexity index is 739. The van der Waals surface area contributed by atoms with Crippen LogP contribution in [0.5, 0.6) is 0 Å². The second-order valence-electron chi connectivity index (χ2n) is 8.12. The highest BCUT2D eigenvalue weighted by atomic mass is 19.4. The van der Waals surface area contributed by atoms with Gasteiger partial charge in [-0.2, -0.15) is 13.2 Å². The Kier molecular flexibility index (Phi) is 4.91. The van der Waals surface area contributed by atoms with Crippen LogP contribution in [-0.4, -0.2) is 25.4 Å². The predicted molar refractivity (Wildman–Crippen MR) is 94.8 cm³/mol. The third-order valence-corrected chi connectivity index (χ3v) is 6.49. The van der Waals surface area contributed by atoms with Crippen molar-refractivity contribution < 1.29 is 27.4 Å². The fourth-order valence-corrected chi connectivity index (χ4v) is 4.49. The minimum atomic E-state index is -4.96. The van der Waals surface area contributed by atoms with Gasteiger partial charge in [-0.3, -0.25) is 0 Å². The SMILES string of the molecule is COC(C(=O)O[C@@H]1C(C)=CCC2CC1C2(C)C)(c1ccccc1)C(F)(F)F. The maximum Gasteiger partial charge on any atom is 0.432 e. The lowest BCUT2D eigenvalue weighted by atomic mass is 9.53. The highest BCUT2D eigenvalue weighted by Crippen LogP contribution is 2.58. The van der Waals surface area contributed by atoms with Gasteiger partial charge in [-0.15, -0.1) is 0 Å². The molecule has 148 valence electrons. The Labute approximate surface area is 157 Å². The van der Waals surface area contributed by atoms with Crippen molar-refractivity contribution in [3.05, 3.63) is 47.5 Å². The molecular formula is C21H25F3O3. The molecule has 0 amide bonds. The van der Waals surface area contributed by atoms with E-state index in [-0.39, 0.29) is 16.9 Å². The molecule has 2 bridgehead atoms. The van der Waals surface area contributed by atoms with Crippen molar-refractivity contribution in [2.45, 2.75) is 51.5 Å². The fraction of sp³-hybridized carbons (Fsp3) is 0.571. The number of carbonyl (C=O) groups is 1. The molecule has 0 radical (unpaired) electrons. The molecule has 6 heteroatoms. The number of rotatable bonds is 4. The summed E-state index contributed by atoms with van der Waals surface area (Å²) >= 11 is 0. The number of ether oxygens (including phenoxy) is 2. The minimum absolute atomic E-state index is 0.00348. The van der Waals surface area contributed by atoms with Crippen molar-refractivity contribution in [1.29, 1.82) is 0 Å². The standard InChI is InChI=1S/C21H25F3O3/c1-13-10-11-15-12-16(19(15,2)3)17(13)27-18(25)20(26-4,21(22,23)24)14-8-6-5-7-9-14/h5-10,15-17H,11-12H2,1-4H3/t15?,16?,17-,20?/m1/s1. The highest BCUT2D eigenvalue weighted by molar-refractivity contribution is 5.83. The second-order valence-corrected chi connectivity index (χ2v) is 8.12. The lowest BCUT2D eigenvalue weighted by Crippen LogP contribution is -2.55. The van der Waals surface area contributed by atoms with Gasteiger partial charge in [0, 0.05) is 18.6 Å². The number of hydrogen-bond acceptors (Lipinski definition) is 3. The van der Waals surface area contributed by atoms with Gasteiger partial charge in [0.15, 0.2) is 0 Å². The summed E-state index contributed by atoms with van der Waals surface area (Å²) in [6.07, 6.45) is -1.94. The molecule has 27 heavy (non-hydrogen) atoms. The van der Waals surface area contributed by atoms with Crippen LogP contribution >= 0.6 is 0 Å². The van der Waals surface area contributed by atoms with Gasteiger partial charge in [0.05, 0.1) is 0 Å². The minimum Gasteiger partial charge on any atom is -0.455 e. The number of fused-ring (bicyclic) bond motifs is 2. The lowest BCUT2D eigenvalue weighted by molar-refractivity contribution is -0.279. The van der Waals surface area contributed by atoms with Crippen LogP contribution in [0.2, 0.25) is 0 Å². The zero-order chi connectivity index (χ0) is 20.0. The molecule has 0 N–H and O–H groups in total. The molecule has 1 aromatic rings. The number of methoxy groups -OCH3 is 1. The number of hydrogen-bond donors (Lipinski definition) is 0. The van der Waals surface area contributed by atoms with Crippen molar-refractivity contribution in [2.75, 3.05) is 7.11 Å². The summed E-state index contributed by atoms with van der Waals surface area (Å²) in [4.78, 5) is 12.9. The molecule has 0 aliphatic heterocycles. The van der Waals surface area contributed by atoms with E-state index in [1.807, 2.05) is 13.0 Å². The molecule has 0 saturated heterocycles. The number of halogens is 3.